The van der Waals surface area contributed by atoms with E-state index in [1.807, 2.05) is 0 Å². The fourth-order valence-corrected chi connectivity index (χ4v) is 2.98. The summed E-state index contributed by atoms with van der Waals surface area (Å²) < 4.78 is 44.6. The summed E-state index contributed by atoms with van der Waals surface area (Å²) in [6, 6.07) is 4.67. The van der Waals surface area contributed by atoms with Crippen molar-refractivity contribution in [2.24, 2.45) is 0 Å². The molecule has 1 aromatic carbocycles. The highest BCUT2D eigenvalue weighted by atomic mass is 35.5. The second-order valence-corrected chi connectivity index (χ2v) is 6.11. The van der Waals surface area contributed by atoms with Gasteiger partial charge in [-0.1, -0.05) is 11.6 Å². The second kappa shape index (κ2) is 5.82. The SMILES string of the molecule is COc1cc(Cl)nc(NS(=O)(=O)c2ccc(F)cc2C)n1. The Bertz CT molecular complexity index is 783. The normalized spacial score (nSPS) is 11.2. The second-order valence-electron chi connectivity index (χ2n) is 4.07. The van der Waals surface area contributed by atoms with Gasteiger partial charge in [-0.05, 0) is 30.7 Å². The number of aromatic nitrogens is 2. The maximum atomic E-state index is 13.0. The standard InChI is InChI=1S/C12H11ClFN3O3S/c1-7-5-8(14)3-4-9(7)21(18,19)17-12-15-10(13)6-11(16-12)20-2/h3-6H,1-2H3,(H,15,16,17). The lowest BCUT2D eigenvalue weighted by Crippen LogP contribution is -2.16. The number of hydrogen-bond donors (Lipinski definition) is 1. The molecule has 0 aliphatic heterocycles. The summed E-state index contributed by atoms with van der Waals surface area (Å²) in [7, 11) is -2.60. The average molecular weight is 332 g/mol. The van der Waals surface area contributed by atoms with Crippen molar-refractivity contribution in [1.29, 1.82) is 0 Å². The van der Waals surface area contributed by atoms with Crippen LogP contribution >= 0.6 is 11.6 Å². The summed E-state index contributed by atoms with van der Waals surface area (Å²) >= 11 is 5.74. The van der Waals surface area contributed by atoms with Crippen LogP contribution < -0.4 is 9.46 Å². The first-order valence-electron chi connectivity index (χ1n) is 5.69. The third-order valence-electron chi connectivity index (χ3n) is 2.53. The molecular formula is C12H11ClFN3O3S. The molecule has 112 valence electrons. The number of methoxy groups -OCH3 is 1. The van der Waals surface area contributed by atoms with Crippen molar-refractivity contribution >= 4 is 27.6 Å². The molecule has 0 saturated heterocycles. The highest BCUT2D eigenvalue weighted by Gasteiger charge is 2.19. The monoisotopic (exact) mass is 331 g/mol. The number of nitrogens with one attached hydrogen (secondary N) is 1. The van der Waals surface area contributed by atoms with Crippen LogP contribution in [-0.4, -0.2) is 25.5 Å². The molecule has 1 heterocycles. The molecule has 2 rings (SSSR count). The van der Waals surface area contributed by atoms with Crippen molar-refractivity contribution in [2.45, 2.75) is 11.8 Å². The molecule has 21 heavy (non-hydrogen) atoms. The van der Waals surface area contributed by atoms with Gasteiger partial charge in [0.1, 0.15) is 11.0 Å². The Labute approximate surface area is 126 Å². The van der Waals surface area contributed by atoms with Gasteiger partial charge >= 0.3 is 0 Å². The Morgan fingerprint density at radius 1 is 1.29 bits per heavy atom. The summed E-state index contributed by atoms with van der Waals surface area (Å²) in [5.41, 5.74) is 0.261. The molecular weight excluding hydrogens is 321 g/mol. The third-order valence-corrected chi connectivity index (χ3v) is 4.21. The zero-order chi connectivity index (χ0) is 15.6. The molecule has 0 aliphatic carbocycles. The molecule has 0 aliphatic rings. The van der Waals surface area contributed by atoms with E-state index in [9.17, 15) is 12.8 Å². The summed E-state index contributed by atoms with van der Waals surface area (Å²) in [4.78, 5) is 7.50. The van der Waals surface area contributed by atoms with Crippen LogP contribution in [0.5, 0.6) is 5.88 Å². The van der Waals surface area contributed by atoms with E-state index < -0.39 is 15.8 Å². The lowest BCUT2D eigenvalue weighted by Gasteiger charge is -2.10. The topological polar surface area (TPSA) is 81.2 Å². The van der Waals surface area contributed by atoms with Gasteiger partial charge in [0, 0.05) is 6.07 Å². The first-order valence-corrected chi connectivity index (χ1v) is 7.55. The van der Waals surface area contributed by atoms with Crippen molar-refractivity contribution in [3.63, 3.8) is 0 Å². The van der Waals surface area contributed by atoms with E-state index in [4.69, 9.17) is 16.3 Å². The smallest absolute Gasteiger partial charge is 0.264 e. The number of benzene rings is 1. The fraction of sp³-hybridized carbons (Fsp3) is 0.167. The zero-order valence-electron chi connectivity index (χ0n) is 11.1. The first kappa shape index (κ1) is 15.5. The van der Waals surface area contributed by atoms with Gasteiger partial charge in [0.05, 0.1) is 12.0 Å². The lowest BCUT2D eigenvalue weighted by molar-refractivity contribution is 0.397. The van der Waals surface area contributed by atoms with Crippen LogP contribution in [0.15, 0.2) is 29.2 Å². The molecule has 2 aromatic rings. The fourth-order valence-electron chi connectivity index (χ4n) is 1.64. The van der Waals surface area contributed by atoms with Crippen LogP contribution in [0.3, 0.4) is 0 Å². The zero-order valence-corrected chi connectivity index (χ0v) is 12.7. The highest BCUT2D eigenvalue weighted by Crippen LogP contribution is 2.21. The van der Waals surface area contributed by atoms with Crippen LogP contribution in [0, 0.1) is 12.7 Å². The van der Waals surface area contributed by atoms with Crippen LogP contribution in [0.2, 0.25) is 5.15 Å². The van der Waals surface area contributed by atoms with E-state index in [1.165, 1.54) is 20.1 Å². The van der Waals surface area contributed by atoms with E-state index in [0.29, 0.717) is 0 Å². The van der Waals surface area contributed by atoms with E-state index in [2.05, 4.69) is 14.7 Å². The molecule has 0 spiro atoms. The molecule has 0 fully saturated rings. The van der Waals surface area contributed by atoms with Gasteiger partial charge in [-0.25, -0.2) is 22.5 Å². The minimum atomic E-state index is -3.96. The Hall–Kier alpha value is -1.93. The number of nitrogens with zero attached hydrogens (tertiary/aromatic N) is 2. The summed E-state index contributed by atoms with van der Waals surface area (Å²) in [6.45, 7) is 1.48. The maximum Gasteiger partial charge on any atom is 0.264 e. The Kier molecular flexibility index (Phi) is 4.29. The van der Waals surface area contributed by atoms with Gasteiger partial charge < -0.3 is 4.74 Å². The number of aryl methyl sites for hydroxylation is 1. The highest BCUT2D eigenvalue weighted by molar-refractivity contribution is 7.92. The van der Waals surface area contributed by atoms with E-state index in [1.54, 1.807) is 0 Å². The van der Waals surface area contributed by atoms with Gasteiger partial charge in [0.2, 0.25) is 11.8 Å². The number of anilines is 1. The largest absolute Gasteiger partial charge is 0.481 e. The Morgan fingerprint density at radius 3 is 2.62 bits per heavy atom. The van der Waals surface area contributed by atoms with Crippen LogP contribution in [-0.2, 0) is 10.0 Å². The summed E-state index contributed by atoms with van der Waals surface area (Å²) in [5, 5.41) is 0.0235. The van der Waals surface area contributed by atoms with Crippen molar-refractivity contribution in [2.75, 3.05) is 11.8 Å². The van der Waals surface area contributed by atoms with Crippen molar-refractivity contribution < 1.29 is 17.5 Å². The predicted octanol–water partition coefficient (Wildman–Crippen LogP) is 2.39. The van der Waals surface area contributed by atoms with Crippen molar-refractivity contribution in [1.82, 2.24) is 9.97 Å². The Morgan fingerprint density at radius 2 is 2.00 bits per heavy atom. The van der Waals surface area contributed by atoms with E-state index in [0.717, 1.165) is 18.2 Å². The summed E-state index contributed by atoms with van der Waals surface area (Å²) in [6.07, 6.45) is 0. The van der Waals surface area contributed by atoms with E-state index >= 15 is 0 Å². The minimum Gasteiger partial charge on any atom is -0.481 e. The van der Waals surface area contributed by atoms with Gasteiger partial charge in [-0.3, -0.25) is 0 Å². The average Bonchev–Trinajstić information content (AvgIpc) is 2.36. The van der Waals surface area contributed by atoms with Gasteiger partial charge in [-0.15, -0.1) is 0 Å². The summed E-state index contributed by atoms with van der Waals surface area (Å²) in [5.74, 6) is -0.640. The molecule has 0 unspecified atom stereocenters. The van der Waals surface area contributed by atoms with Gasteiger partial charge in [0.25, 0.3) is 10.0 Å². The number of ether oxygens (including phenoxy) is 1. The van der Waals surface area contributed by atoms with Crippen molar-refractivity contribution in [3.05, 3.63) is 40.8 Å². The number of halogens is 2. The molecule has 0 amide bonds. The van der Waals surface area contributed by atoms with Crippen LogP contribution in [0.1, 0.15) is 5.56 Å². The third kappa shape index (κ3) is 3.59. The molecule has 0 saturated carbocycles. The molecule has 0 radical (unpaired) electrons. The molecule has 9 heteroatoms. The molecule has 0 atom stereocenters. The Balaban J connectivity index is 2.39. The number of rotatable bonds is 4. The minimum absolute atomic E-state index is 0.0235. The van der Waals surface area contributed by atoms with Gasteiger partial charge in [-0.2, -0.15) is 4.98 Å². The number of hydrogen-bond acceptors (Lipinski definition) is 5. The maximum absolute atomic E-state index is 13.0. The van der Waals surface area contributed by atoms with E-state index in [-0.39, 0.29) is 27.4 Å². The first-order chi connectivity index (χ1) is 9.81. The molecule has 1 aromatic heterocycles. The predicted molar refractivity (Wildman–Crippen MR) is 75.5 cm³/mol. The van der Waals surface area contributed by atoms with Crippen LogP contribution in [0.25, 0.3) is 0 Å². The lowest BCUT2D eigenvalue weighted by atomic mass is 10.2. The van der Waals surface area contributed by atoms with Gasteiger partial charge in [0.15, 0.2) is 0 Å². The quantitative estimate of drug-likeness (QED) is 0.870. The van der Waals surface area contributed by atoms with Crippen LogP contribution in [0.4, 0.5) is 10.3 Å². The molecule has 1 N–H and O–H groups in total. The van der Waals surface area contributed by atoms with Crippen molar-refractivity contribution in [3.8, 4) is 5.88 Å². The molecule has 0 bridgehead atoms. The number of sulfonamides is 1. The molecule has 6 nitrogen and oxygen atoms in total.